The summed E-state index contributed by atoms with van der Waals surface area (Å²) in [5, 5.41) is 3.43. The van der Waals surface area contributed by atoms with Crippen LogP contribution >= 0.6 is 24.0 Å². The van der Waals surface area contributed by atoms with Crippen molar-refractivity contribution in [3.8, 4) is 0 Å². The second kappa shape index (κ2) is 12.4. The van der Waals surface area contributed by atoms with Crippen molar-refractivity contribution < 1.29 is 13.9 Å². The number of guanidine groups is 1. The highest BCUT2D eigenvalue weighted by atomic mass is 127. The second-order valence-corrected chi connectivity index (χ2v) is 7.08. The van der Waals surface area contributed by atoms with Crippen LogP contribution in [0.15, 0.2) is 29.3 Å². The van der Waals surface area contributed by atoms with Gasteiger partial charge in [-0.2, -0.15) is 0 Å². The summed E-state index contributed by atoms with van der Waals surface area (Å²) in [5.74, 6) is 1.32. The molecule has 2 fully saturated rings. The van der Waals surface area contributed by atoms with Gasteiger partial charge in [-0.15, -0.1) is 24.0 Å². The van der Waals surface area contributed by atoms with Gasteiger partial charge in [0, 0.05) is 64.6 Å². The fourth-order valence-electron chi connectivity index (χ4n) is 3.50. The van der Waals surface area contributed by atoms with Gasteiger partial charge in [-0.1, -0.05) is 0 Å². The van der Waals surface area contributed by atoms with Gasteiger partial charge in [0.25, 0.3) is 0 Å². The Bertz CT molecular complexity index is 588. The zero-order chi connectivity index (χ0) is 18.9. The van der Waals surface area contributed by atoms with E-state index in [2.05, 4.69) is 20.1 Å². The topological polar surface area (TPSA) is 49.3 Å². The zero-order valence-electron chi connectivity index (χ0n) is 16.6. The molecule has 6 nitrogen and oxygen atoms in total. The van der Waals surface area contributed by atoms with Crippen LogP contribution in [0.4, 0.5) is 10.1 Å². The smallest absolute Gasteiger partial charge is 0.193 e. The Hall–Kier alpha value is -1.13. The van der Waals surface area contributed by atoms with Gasteiger partial charge in [0.15, 0.2) is 5.96 Å². The highest BCUT2D eigenvalue weighted by Gasteiger charge is 2.20. The summed E-state index contributed by atoms with van der Waals surface area (Å²) in [6, 6.07) is 6.72. The Kier molecular flexibility index (Phi) is 10.3. The molecular formula is C20H32FIN4O2. The van der Waals surface area contributed by atoms with E-state index in [9.17, 15) is 4.39 Å². The molecule has 158 valence electrons. The van der Waals surface area contributed by atoms with Crippen molar-refractivity contribution in [1.29, 1.82) is 0 Å². The molecule has 1 aromatic carbocycles. The molecular weight excluding hydrogens is 474 g/mol. The molecule has 2 aliphatic heterocycles. The highest BCUT2D eigenvalue weighted by Crippen LogP contribution is 2.17. The standard InChI is InChI=1S/C20H31FN4O2.HI/c1-22-20(23-8-2-13-26-15-17-7-14-27-16-17)25-11-9-24(10-12-25)19-5-3-18(21)4-6-19;/h3-6,17H,2,7-16H2,1H3,(H,22,23);1H. The number of benzene rings is 1. The van der Waals surface area contributed by atoms with Crippen molar-refractivity contribution in [2.24, 2.45) is 10.9 Å². The molecule has 1 atom stereocenters. The van der Waals surface area contributed by atoms with Gasteiger partial charge in [-0.3, -0.25) is 4.99 Å². The average molecular weight is 506 g/mol. The molecule has 8 heteroatoms. The van der Waals surface area contributed by atoms with E-state index in [4.69, 9.17) is 9.47 Å². The molecule has 1 N–H and O–H groups in total. The molecule has 1 aromatic rings. The normalized spacial score (nSPS) is 20.2. The van der Waals surface area contributed by atoms with Gasteiger partial charge in [-0.25, -0.2) is 4.39 Å². The van der Waals surface area contributed by atoms with Crippen LogP contribution in [0, 0.1) is 11.7 Å². The second-order valence-electron chi connectivity index (χ2n) is 7.08. The van der Waals surface area contributed by atoms with Crippen LogP contribution in [0.5, 0.6) is 0 Å². The van der Waals surface area contributed by atoms with Gasteiger partial charge in [0.2, 0.25) is 0 Å². The van der Waals surface area contributed by atoms with Crippen molar-refractivity contribution in [1.82, 2.24) is 10.2 Å². The van der Waals surface area contributed by atoms with Crippen LogP contribution < -0.4 is 10.2 Å². The zero-order valence-corrected chi connectivity index (χ0v) is 18.9. The fourth-order valence-corrected chi connectivity index (χ4v) is 3.50. The monoisotopic (exact) mass is 506 g/mol. The lowest BCUT2D eigenvalue weighted by atomic mass is 10.1. The fraction of sp³-hybridized carbons (Fsp3) is 0.650. The Morgan fingerprint density at radius 1 is 1.25 bits per heavy atom. The Labute approximate surface area is 184 Å². The first-order chi connectivity index (χ1) is 13.3. The molecule has 1 unspecified atom stereocenters. The van der Waals surface area contributed by atoms with E-state index in [1.807, 2.05) is 19.2 Å². The lowest BCUT2D eigenvalue weighted by Crippen LogP contribution is -2.52. The van der Waals surface area contributed by atoms with Crippen LogP contribution in [0.25, 0.3) is 0 Å². The number of aliphatic imine (C=N–C) groups is 1. The molecule has 3 rings (SSSR count). The van der Waals surface area contributed by atoms with Crippen molar-refractivity contribution in [3.05, 3.63) is 30.1 Å². The molecule has 0 amide bonds. The van der Waals surface area contributed by atoms with E-state index < -0.39 is 0 Å². The van der Waals surface area contributed by atoms with E-state index in [0.29, 0.717) is 5.92 Å². The van der Waals surface area contributed by atoms with Crippen molar-refractivity contribution >= 4 is 35.6 Å². The first-order valence-corrected chi connectivity index (χ1v) is 9.88. The number of hydrogen-bond acceptors (Lipinski definition) is 4. The lowest BCUT2D eigenvalue weighted by molar-refractivity contribution is 0.0887. The predicted octanol–water partition coefficient (Wildman–Crippen LogP) is 2.58. The van der Waals surface area contributed by atoms with Gasteiger partial charge < -0.3 is 24.6 Å². The first kappa shape index (κ1) is 23.2. The predicted molar refractivity (Wildman–Crippen MR) is 121 cm³/mol. The molecule has 0 aliphatic carbocycles. The van der Waals surface area contributed by atoms with Gasteiger partial charge in [0.05, 0.1) is 13.2 Å². The van der Waals surface area contributed by atoms with Crippen LogP contribution in [0.1, 0.15) is 12.8 Å². The third kappa shape index (κ3) is 7.04. The van der Waals surface area contributed by atoms with Crippen LogP contribution in [0.2, 0.25) is 0 Å². The van der Waals surface area contributed by atoms with Crippen LogP contribution in [-0.4, -0.2) is 77.1 Å². The quantitative estimate of drug-likeness (QED) is 0.267. The van der Waals surface area contributed by atoms with Crippen LogP contribution in [-0.2, 0) is 9.47 Å². The highest BCUT2D eigenvalue weighted by molar-refractivity contribution is 14.0. The summed E-state index contributed by atoms with van der Waals surface area (Å²) in [5.41, 5.74) is 1.07. The minimum absolute atomic E-state index is 0. The molecule has 2 aliphatic rings. The summed E-state index contributed by atoms with van der Waals surface area (Å²) in [6.07, 6.45) is 2.08. The Morgan fingerprint density at radius 3 is 2.64 bits per heavy atom. The molecule has 0 radical (unpaired) electrons. The number of nitrogens with zero attached hydrogens (tertiary/aromatic N) is 3. The summed E-state index contributed by atoms with van der Waals surface area (Å²) in [6.45, 7) is 7.74. The molecule has 0 saturated carbocycles. The minimum atomic E-state index is -0.192. The van der Waals surface area contributed by atoms with E-state index in [0.717, 1.165) is 83.6 Å². The summed E-state index contributed by atoms with van der Waals surface area (Å²) < 4.78 is 24.2. The molecule has 2 heterocycles. The molecule has 2 saturated heterocycles. The third-order valence-corrected chi connectivity index (χ3v) is 5.11. The lowest BCUT2D eigenvalue weighted by Gasteiger charge is -2.37. The maximum Gasteiger partial charge on any atom is 0.193 e. The first-order valence-electron chi connectivity index (χ1n) is 9.88. The summed E-state index contributed by atoms with van der Waals surface area (Å²) in [7, 11) is 1.82. The molecule has 0 spiro atoms. The van der Waals surface area contributed by atoms with E-state index in [-0.39, 0.29) is 29.8 Å². The Balaban J connectivity index is 0.00000280. The largest absolute Gasteiger partial charge is 0.381 e. The molecule has 0 aromatic heterocycles. The molecule has 0 bridgehead atoms. The summed E-state index contributed by atoms with van der Waals surface area (Å²) >= 11 is 0. The van der Waals surface area contributed by atoms with Crippen molar-refractivity contribution in [3.63, 3.8) is 0 Å². The van der Waals surface area contributed by atoms with Gasteiger partial charge in [-0.05, 0) is 37.1 Å². The number of anilines is 1. The summed E-state index contributed by atoms with van der Waals surface area (Å²) in [4.78, 5) is 8.96. The number of nitrogens with one attached hydrogen (secondary N) is 1. The van der Waals surface area contributed by atoms with Crippen molar-refractivity contribution in [2.45, 2.75) is 12.8 Å². The number of hydrogen-bond donors (Lipinski definition) is 1. The van der Waals surface area contributed by atoms with E-state index in [1.54, 1.807) is 0 Å². The number of rotatable bonds is 7. The average Bonchev–Trinajstić information content (AvgIpc) is 3.22. The van der Waals surface area contributed by atoms with E-state index in [1.165, 1.54) is 12.1 Å². The number of halogens is 2. The van der Waals surface area contributed by atoms with Gasteiger partial charge >= 0.3 is 0 Å². The number of ether oxygens (including phenoxy) is 2. The van der Waals surface area contributed by atoms with Gasteiger partial charge in [0.1, 0.15) is 5.82 Å². The number of piperazine rings is 1. The molecule has 28 heavy (non-hydrogen) atoms. The van der Waals surface area contributed by atoms with E-state index >= 15 is 0 Å². The maximum atomic E-state index is 13.1. The van der Waals surface area contributed by atoms with Crippen LogP contribution in [0.3, 0.4) is 0 Å². The van der Waals surface area contributed by atoms with Crippen molar-refractivity contribution in [2.75, 3.05) is 71.1 Å². The Morgan fingerprint density at radius 2 is 2.00 bits per heavy atom. The SMILES string of the molecule is CN=C(NCCCOCC1CCOC1)N1CCN(c2ccc(F)cc2)CC1.I. The third-order valence-electron chi connectivity index (χ3n) is 5.11. The minimum Gasteiger partial charge on any atom is -0.381 e. The maximum absolute atomic E-state index is 13.1.